The van der Waals surface area contributed by atoms with Gasteiger partial charge in [-0.2, -0.15) is 4.31 Å². The largest absolute Gasteiger partial charge is 0.317 e. The van der Waals surface area contributed by atoms with Crippen molar-refractivity contribution in [3.8, 4) is 0 Å². The SMILES string of the molecule is CC(C)(C)c1ccc(S(=O)(=O)N(CCCC2CCCC2)C2CCNCC2)cc1. The average molecular weight is 407 g/mol. The Morgan fingerprint density at radius 1 is 1.00 bits per heavy atom. The molecule has 0 unspecified atom stereocenters. The second kappa shape index (κ2) is 9.27. The molecule has 0 amide bonds. The molecule has 1 heterocycles. The average Bonchev–Trinajstić information content (AvgIpc) is 3.19. The number of nitrogens with zero attached hydrogens (tertiary/aromatic N) is 1. The minimum atomic E-state index is -3.45. The Labute approximate surface area is 172 Å². The third-order valence-corrected chi connectivity index (χ3v) is 8.47. The molecule has 0 aromatic heterocycles. The third kappa shape index (κ3) is 5.37. The zero-order chi connectivity index (χ0) is 20.2. The molecule has 1 N–H and O–H groups in total. The van der Waals surface area contributed by atoms with Gasteiger partial charge >= 0.3 is 0 Å². The van der Waals surface area contributed by atoms with E-state index in [9.17, 15) is 8.42 Å². The first-order valence-electron chi connectivity index (χ1n) is 11.1. The van der Waals surface area contributed by atoms with Gasteiger partial charge in [-0.3, -0.25) is 0 Å². The maximum absolute atomic E-state index is 13.5. The quantitative estimate of drug-likeness (QED) is 0.714. The lowest BCUT2D eigenvalue weighted by molar-refractivity contribution is 0.254. The highest BCUT2D eigenvalue weighted by atomic mass is 32.2. The van der Waals surface area contributed by atoms with Crippen LogP contribution in [0.15, 0.2) is 29.2 Å². The van der Waals surface area contributed by atoms with E-state index in [0.29, 0.717) is 11.4 Å². The van der Waals surface area contributed by atoms with E-state index in [1.165, 1.54) is 37.7 Å². The summed E-state index contributed by atoms with van der Waals surface area (Å²) in [6.45, 7) is 8.93. The highest BCUT2D eigenvalue weighted by Crippen LogP contribution is 2.30. The van der Waals surface area contributed by atoms with Crippen LogP contribution in [0.25, 0.3) is 0 Å². The van der Waals surface area contributed by atoms with Crippen molar-refractivity contribution in [3.63, 3.8) is 0 Å². The van der Waals surface area contributed by atoms with Crippen LogP contribution < -0.4 is 5.32 Å². The van der Waals surface area contributed by atoms with Crippen molar-refractivity contribution in [2.24, 2.45) is 5.92 Å². The summed E-state index contributed by atoms with van der Waals surface area (Å²) in [7, 11) is -3.45. The van der Waals surface area contributed by atoms with Gasteiger partial charge in [0.15, 0.2) is 0 Å². The molecule has 1 saturated carbocycles. The first-order chi connectivity index (χ1) is 13.3. The maximum atomic E-state index is 13.5. The highest BCUT2D eigenvalue weighted by Gasteiger charge is 2.32. The smallest absolute Gasteiger partial charge is 0.243 e. The predicted octanol–water partition coefficient (Wildman–Crippen LogP) is 4.70. The van der Waals surface area contributed by atoms with Crippen LogP contribution in [-0.2, 0) is 15.4 Å². The molecule has 28 heavy (non-hydrogen) atoms. The van der Waals surface area contributed by atoms with Crippen LogP contribution in [0.4, 0.5) is 0 Å². The molecule has 1 aliphatic carbocycles. The normalized spacial score (nSPS) is 20.1. The lowest BCUT2D eigenvalue weighted by atomic mass is 9.87. The third-order valence-electron chi connectivity index (χ3n) is 6.51. The Balaban J connectivity index is 1.76. The van der Waals surface area contributed by atoms with Crippen molar-refractivity contribution in [2.45, 2.75) is 88.5 Å². The molecule has 0 bridgehead atoms. The van der Waals surface area contributed by atoms with Gasteiger partial charge in [-0.25, -0.2) is 8.42 Å². The van der Waals surface area contributed by atoms with Crippen molar-refractivity contribution in [1.29, 1.82) is 0 Å². The van der Waals surface area contributed by atoms with E-state index >= 15 is 0 Å². The van der Waals surface area contributed by atoms with E-state index in [2.05, 4.69) is 26.1 Å². The first kappa shape index (κ1) is 21.8. The molecule has 2 fully saturated rings. The maximum Gasteiger partial charge on any atom is 0.243 e. The minimum absolute atomic E-state index is 0.0261. The fourth-order valence-electron chi connectivity index (χ4n) is 4.69. The molecule has 1 aromatic rings. The summed E-state index contributed by atoms with van der Waals surface area (Å²) >= 11 is 0. The molecule has 2 aliphatic rings. The molecule has 1 aliphatic heterocycles. The summed E-state index contributed by atoms with van der Waals surface area (Å²) in [6.07, 6.45) is 9.31. The summed E-state index contributed by atoms with van der Waals surface area (Å²) in [6, 6.07) is 7.69. The van der Waals surface area contributed by atoms with E-state index in [1.807, 2.05) is 16.4 Å². The van der Waals surface area contributed by atoms with Crippen LogP contribution >= 0.6 is 0 Å². The van der Waals surface area contributed by atoms with Crippen LogP contribution in [0.5, 0.6) is 0 Å². The Kier molecular flexibility index (Phi) is 7.21. The minimum Gasteiger partial charge on any atom is -0.317 e. The Morgan fingerprint density at radius 3 is 2.18 bits per heavy atom. The van der Waals surface area contributed by atoms with Crippen molar-refractivity contribution in [2.75, 3.05) is 19.6 Å². The molecule has 1 saturated heterocycles. The fraction of sp³-hybridized carbons (Fsp3) is 0.739. The number of hydrogen-bond acceptors (Lipinski definition) is 3. The first-order valence-corrected chi connectivity index (χ1v) is 12.6. The van der Waals surface area contributed by atoms with Crippen LogP contribution in [-0.4, -0.2) is 38.4 Å². The summed E-state index contributed by atoms with van der Waals surface area (Å²) in [5, 5.41) is 3.36. The van der Waals surface area contributed by atoms with Gasteiger partial charge in [-0.1, -0.05) is 58.6 Å². The number of hydrogen-bond donors (Lipinski definition) is 1. The highest BCUT2D eigenvalue weighted by molar-refractivity contribution is 7.89. The van der Waals surface area contributed by atoms with E-state index in [-0.39, 0.29) is 11.5 Å². The van der Waals surface area contributed by atoms with Gasteiger partial charge in [-0.15, -0.1) is 0 Å². The summed E-state index contributed by atoms with van der Waals surface area (Å²) in [4.78, 5) is 0.444. The molecular formula is C23H38N2O2S. The van der Waals surface area contributed by atoms with Crippen LogP contribution in [0.2, 0.25) is 0 Å². The molecule has 0 spiro atoms. The molecular weight excluding hydrogens is 368 g/mol. The Hall–Kier alpha value is -0.910. The van der Waals surface area contributed by atoms with Crippen LogP contribution in [0, 0.1) is 5.92 Å². The van der Waals surface area contributed by atoms with Crippen molar-refractivity contribution in [1.82, 2.24) is 9.62 Å². The van der Waals surface area contributed by atoms with E-state index < -0.39 is 10.0 Å². The number of piperidine rings is 1. The standard InChI is InChI=1S/C23H38N2O2S/c1-23(2,3)20-10-12-22(13-11-20)28(26,27)25(21-14-16-24-17-15-21)18-6-9-19-7-4-5-8-19/h10-13,19,21,24H,4-9,14-18H2,1-3H3. The van der Waals surface area contributed by atoms with Gasteiger partial charge < -0.3 is 5.32 Å². The summed E-state index contributed by atoms with van der Waals surface area (Å²) in [5.41, 5.74) is 1.19. The molecule has 5 heteroatoms. The van der Waals surface area contributed by atoms with Crippen LogP contribution in [0.1, 0.15) is 77.7 Å². The molecule has 1 aromatic carbocycles. The number of rotatable bonds is 7. The van der Waals surface area contributed by atoms with Crippen LogP contribution in [0.3, 0.4) is 0 Å². The molecule has 3 rings (SSSR count). The zero-order valence-electron chi connectivity index (χ0n) is 17.9. The molecule has 4 nitrogen and oxygen atoms in total. The Morgan fingerprint density at radius 2 is 1.61 bits per heavy atom. The lowest BCUT2D eigenvalue weighted by Gasteiger charge is -2.34. The number of nitrogens with one attached hydrogen (secondary N) is 1. The molecule has 0 atom stereocenters. The second-order valence-corrected chi connectivity index (χ2v) is 11.6. The lowest BCUT2D eigenvalue weighted by Crippen LogP contribution is -2.46. The van der Waals surface area contributed by atoms with Crippen molar-refractivity contribution in [3.05, 3.63) is 29.8 Å². The van der Waals surface area contributed by atoms with E-state index in [4.69, 9.17) is 0 Å². The Bertz CT molecular complexity index is 710. The van der Waals surface area contributed by atoms with Crippen molar-refractivity contribution >= 4 is 10.0 Å². The summed E-state index contributed by atoms with van der Waals surface area (Å²) < 4.78 is 28.9. The van der Waals surface area contributed by atoms with E-state index in [1.54, 1.807) is 12.1 Å². The fourth-order valence-corrected chi connectivity index (χ4v) is 6.41. The van der Waals surface area contributed by atoms with Crippen molar-refractivity contribution < 1.29 is 8.42 Å². The number of sulfonamides is 1. The van der Waals surface area contributed by atoms with E-state index in [0.717, 1.165) is 38.3 Å². The van der Waals surface area contributed by atoms with Gasteiger partial charge in [-0.05, 0) is 67.8 Å². The molecule has 158 valence electrons. The zero-order valence-corrected chi connectivity index (χ0v) is 18.7. The monoisotopic (exact) mass is 406 g/mol. The predicted molar refractivity (Wildman–Crippen MR) is 116 cm³/mol. The number of benzene rings is 1. The summed E-state index contributed by atoms with van der Waals surface area (Å²) in [5.74, 6) is 0.809. The van der Waals surface area contributed by atoms with Gasteiger partial charge in [0.2, 0.25) is 10.0 Å². The van der Waals surface area contributed by atoms with Gasteiger partial charge in [0.1, 0.15) is 0 Å². The second-order valence-electron chi connectivity index (χ2n) is 9.66. The van der Waals surface area contributed by atoms with Gasteiger partial charge in [0.05, 0.1) is 4.90 Å². The van der Waals surface area contributed by atoms with Gasteiger partial charge in [0, 0.05) is 12.6 Å². The topological polar surface area (TPSA) is 49.4 Å². The molecule has 0 radical (unpaired) electrons. The van der Waals surface area contributed by atoms with Gasteiger partial charge in [0.25, 0.3) is 0 Å².